The van der Waals surface area contributed by atoms with Gasteiger partial charge in [0.15, 0.2) is 0 Å². The van der Waals surface area contributed by atoms with Gasteiger partial charge >= 0.3 is 0 Å². The van der Waals surface area contributed by atoms with Gasteiger partial charge < -0.3 is 9.72 Å². The number of aromatic nitrogens is 3. The van der Waals surface area contributed by atoms with E-state index in [4.69, 9.17) is 0 Å². The average molecular weight is 350 g/mol. The summed E-state index contributed by atoms with van der Waals surface area (Å²) in [4.78, 5) is 24.6. The first-order valence-electron chi connectivity index (χ1n) is 9.04. The summed E-state index contributed by atoms with van der Waals surface area (Å²) in [5.74, 6) is -0.0389. The molecule has 0 unspecified atom stereocenters. The summed E-state index contributed by atoms with van der Waals surface area (Å²) in [6.45, 7) is 1.89. The van der Waals surface area contributed by atoms with Crippen LogP contribution in [0.4, 0.5) is 0 Å². The van der Waals surface area contributed by atoms with Crippen LogP contribution in [0.2, 0.25) is 0 Å². The highest BCUT2D eigenvalue weighted by Crippen LogP contribution is 2.27. The number of nitrogens with zero attached hydrogens (tertiary/aromatic N) is 3. The Morgan fingerprint density at radius 1 is 1.15 bits per heavy atom. The number of pyridine rings is 1. The van der Waals surface area contributed by atoms with E-state index in [2.05, 4.69) is 10.4 Å². The molecule has 3 heterocycles. The summed E-state index contributed by atoms with van der Waals surface area (Å²) in [5.41, 5.74) is 2.48. The molecule has 1 fully saturated rings. The Kier molecular flexibility index (Phi) is 4.32. The van der Waals surface area contributed by atoms with Crippen molar-refractivity contribution >= 4 is 11.4 Å². The Morgan fingerprint density at radius 3 is 2.73 bits per heavy atom. The van der Waals surface area contributed by atoms with E-state index in [1.165, 1.54) is 0 Å². The zero-order valence-corrected chi connectivity index (χ0v) is 14.8. The SMILES string of the molecule is Cc1ccc(=O)n(C2CCC(NC(=O)c3cc4ccccn4c3)CC2)n1. The van der Waals surface area contributed by atoms with Crippen molar-refractivity contribution in [1.29, 1.82) is 0 Å². The van der Waals surface area contributed by atoms with Gasteiger partial charge in [-0.15, -0.1) is 0 Å². The molecule has 134 valence electrons. The molecule has 1 N–H and O–H groups in total. The molecule has 1 amide bonds. The van der Waals surface area contributed by atoms with Crippen LogP contribution < -0.4 is 10.9 Å². The predicted molar refractivity (Wildman–Crippen MR) is 99.4 cm³/mol. The molecule has 0 radical (unpaired) electrons. The Bertz CT molecular complexity index is 963. The average Bonchev–Trinajstić information content (AvgIpc) is 3.09. The summed E-state index contributed by atoms with van der Waals surface area (Å²) in [7, 11) is 0. The minimum atomic E-state index is -0.0522. The largest absolute Gasteiger partial charge is 0.349 e. The second-order valence-corrected chi connectivity index (χ2v) is 7.00. The van der Waals surface area contributed by atoms with E-state index in [-0.39, 0.29) is 23.6 Å². The lowest BCUT2D eigenvalue weighted by Gasteiger charge is -2.29. The third kappa shape index (κ3) is 3.27. The lowest BCUT2D eigenvalue weighted by molar-refractivity contribution is 0.0921. The number of carbonyl (C=O) groups is 1. The molecule has 3 aromatic heterocycles. The van der Waals surface area contributed by atoms with Gasteiger partial charge in [-0.25, -0.2) is 4.68 Å². The molecule has 0 atom stereocenters. The van der Waals surface area contributed by atoms with E-state index in [0.717, 1.165) is 36.9 Å². The van der Waals surface area contributed by atoms with Crippen LogP contribution in [0.25, 0.3) is 5.52 Å². The minimum Gasteiger partial charge on any atom is -0.349 e. The number of fused-ring (bicyclic) bond motifs is 1. The number of hydrogen-bond donors (Lipinski definition) is 1. The summed E-state index contributed by atoms with van der Waals surface area (Å²) >= 11 is 0. The van der Waals surface area contributed by atoms with Crippen LogP contribution >= 0.6 is 0 Å². The molecule has 0 aliphatic heterocycles. The molecule has 6 heteroatoms. The third-order valence-electron chi connectivity index (χ3n) is 5.10. The van der Waals surface area contributed by atoms with Crippen LogP contribution in [0.15, 0.2) is 53.6 Å². The summed E-state index contributed by atoms with van der Waals surface area (Å²) in [5, 5.41) is 7.50. The lowest BCUT2D eigenvalue weighted by atomic mass is 9.91. The first-order valence-corrected chi connectivity index (χ1v) is 9.04. The fourth-order valence-electron chi connectivity index (χ4n) is 3.70. The quantitative estimate of drug-likeness (QED) is 0.790. The highest BCUT2D eigenvalue weighted by atomic mass is 16.1. The first-order chi connectivity index (χ1) is 12.6. The van der Waals surface area contributed by atoms with Gasteiger partial charge in [-0.2, -0.15) is 5.10 Å². The van der Waals surface area contributed by atoms with E-state index < -0.39 is 0 Å². The Labute approximate surface area is 151 Å². The number of amides is 1. The maximum Gasteiger partial charge on any atom is 0.267 e. The molecular weight excluding hydrogens is 328 g/mol. The third-order valence-corrected chi connectivity index (χ3v) is 5.10. The fourth-order valence-corrected chi connectivity index (χ4v) is 3.70. The van der Waals surface area contributed by atoms with Crippen LogP contribution in [0.5, 0.6) is 0 Å². The summed E-state index contributed by atoms with van der Waals surface area (Å²) < 4.78 is 3.55. The second kappa shape index (κ2) is 6.78. The molecule has 6 nitrogen and oxygen atoms in total. The number of carbonyl (C=O) groups excluding carboxylic acids is 1. The monoisotopic (exact) mass is 350 g/mol. The van der Waals surface area contributed by atoms with Gasteiger partial charge in [0.05, 0.1) is 17.3 Å². The van der Waals surface area contributed by atoms with Crippen molar-refractivity contribution in [2.24, 2.45) is 0 Å². The maximum atomic E-state index is 12.5. The Morgan fingerprint density at radius 2 is 1.96 bits per heavy atom. The van der Waals surface area contributed by atoms with Crippen LogP contribution in [0.1, 0.15) is 47.8 Å². The summed E-state index contributed by atoms with van der Waals surface area (Å²) in [6, 6.07) is 11.4. The zero-order chi connectivity index (χ0) is 18.1. The van der Waals surface area contributed by atoms with Crippen molar-refractivity contribution in [3.05, 3.63) is 70.4 Å². The molecule has 0 bridgehead atoms. The zero-order valence-electron chi connectivity index (χ0n) is 14.8. The van der Waals surface area contributed by atoms with Crippen LogP contribution in [0, 0.1) is 6.92 Å². The lowest BCUT2D eigenvalue weighted by Crippen LogP contribution is -2.39. The van der Waals surface area contributed by atoms with E-state index in [0.29, 0.717) is 5.56 Å². The molecule has 0 spiro atoms. The van der Waals surface area contributed by atoms with Crippen LogP contribution in [-0.4, -0.2) is 26.1 Å². The number of aryl methyl sites for hydroxylation is 1. The molecule has 0 aromatic carbocycles. The Hall–Kier alpha value is -2.89. The van der Waals surface area contributed by atoms with Crippen molar-refractivity contribution in [2.75, 3.05) is 0 Å². The maximum absolute atomic E-state index is 12.5. The molecule has 26 heavy (non-hydrogen) atoms. The molecule has 1 saturated carbocycles. The second-order valence-electron chi connectivity index (χ2n) is 7.00. The number of hydrogen-bond acceptors (Lipinski definition) is 3. The Balaban J connectivity index is 1.39. The predicted octanol–water partition coefficient (Wildman–Crippen LogP) is 2.72. The molecule has 4 rings (SSSR count). The van der Waals surface area contributed by atoms with Gasteiger partial charge in [-0.05, 0) is 56.9 Å². The van der Waals surface area contributed by atoms with Gasteiger partial charge in [0.1, 0.15) is 0 Å². The summed E-state index contributed by atoms with van der Waals surface area (Å²) in [6.07, 6.45) is 7.19. The molecule has 1 aliphatic carbocycles. The fraction of sp³-hybridized carbons (Fsp3) is 0.350. The normalized spacial score (nSPS) is 20.2. The molecule has 0 saturated heterocycles. The van der Waals surface area contributed by atoms with Crippen molar-refractivity contribution < 1.29 is 4.79 Å². The number of rotatable bonds is 3. The van der Waals surface area contributed by atoms with E-state index in [1.54, 1.807) is 16.8 Å². The standard InChI is InChI=1S/C20H22N4O2/c1-14-5-10-19(25)24(22-14)17-8-6-16(7-9-17)21-20(26)15-12-18-4-2-3-11-23(18)13-15/h2-5,10-13,16-17H,6-9H2,1H3,(H,21,26). The molecule has 1 aliphatic rings. The van der Waals surface area contributed by atoms with Crippen molar-refractivity contribution in [3.8, 4) is 0 Å². The van der Waals surface area contributed by atoms with E-state index in [9.17, 15) is 9.59 Å². The number of nitrogens with one attached hydrogen (secondary N) is 1. The van der Waals surface area contributed by atoms with Crippen molar-refractivity contribution in [3.63, 3.8) is 0 Å². The van der Waals surface area contributed by atoms with Gasteiger partial charge in [0.2, 0.25) is 0 Å². The smallest absolute Gasteiger partial charge is 0.267 e. The topological polar surface area (TPSA) is 68.4 Å². The van der Waals surface area contributed by atoms with Gasteiger partial charge in [-0.3, -0.25) is 9.59 Å². The molecular formula is C20H22N4O2. The van der Waals surface area contributed by atoms with Crippen molar-refractivity contribution in [1.82, 2.24) is 19.5 Å². The first kappa shape index (κ1) is 16.6. The highest BCUT2D eigenvalue weighted by molar-refractivity contribution is 5.95. The van der Waals surface area contributed by atoms with Crippen LogP contribution in [-0.2, 0) is 0 Å². The van der Waals surface area contributed by atoms with Crippen LogP contribution in [0.3, 0.4) is 0 Å². The van der Waals surface area contributed by atoms with E-state index >= 15 is 0 Å². The van der Waals surface area contributed by atoms with Gasteiger partial charge in [-0.1, -0.05) is 6.07 Å². The van der Waals surface area contributed by atoms with Crippen molar-refractivity contribution in [2.45, 2.75) is 44.7 Å². The van der Waals surface area contributed by atoms with Gasteiger partial charge in [0.25, 0.3) is 11.5 Å². The molecule has 3 aromatic rings. The highest BCUT2D eigenvalue weighted by Gasteiger charge is 2.25. The minimum absolute atomic E-state index is 0.0389. The van der Waals surface area contributed by atoms with E-state index in [1.807, 2.05) is 48.0 Å². The van der Waals surface area contributed by atoms with Gasteiger partial charge in [0, 0.05) is 30.0 Å².